The lowest BCUT2D eigenvalue weighted by Crippen LogP contribution is -2.37. The van der Waals surface area contributed by atoms with Crippen LogP contribution in [0.25, 0.3) is 0 Å². The van der Waals surface area contributed by atoms with E-state index in [0.717, 1.165) is 18.4 Å². The third-order valence-electron chi connectivity index (χ3n) is 3.11. The monoisotopic (exact) mass is 320 g/mol. The molecule has 0 aliphatic carbocycles. The summed E-state index contributed by atoms with van der Waals surface area (Å²) in [6.07, 6.45) is 2.60. The number of unbranched alkanes of at least 4 members (excludes halogenated alkanes) is 2. The zero-order valence-electron chi connectivity index (χ0n) is 12.8. The van der Waals surface area contributed by atoms with Gasteiger partial charge >= 0.3 is 5.97 Å². The van der Waals surface area contributed by atoms with Crippen molar-refractivity contribution in [2.45, 2.75) is 44.6 Å². The summed E-state index contributed by atoms with van der Waals surface area (Å²) in [5.41, 5.74) is 6.05. The number of hydrogen-bond donors (Lipinski definition) is 6. The second-order valence-corrected chi connectivity index (χ2v) is 5.23. The molecule has 1 unspecified atom stereocenters. The van der Waals surface area contributed by atoms with Gasteiger partial charge in [-0.15, -0.1) is 0 Å². The zero-order valence-corrected chi connectivity index (χ0v) is 12.8. The summed E-state index contributed by atoms with van der Waals surface area (Å²) in [5, 5.41) is 44.7. The van der Waals surface area contributed by atoms with Gasteiger partial charge in [0.2, 0.25) is 0 Å². The van der Waals surface area contributed by atoms with E-state index in [9.17, 15) is 4.79 Å². The fourth-order valence-electron chi connectivity index (χ4n) is 2.02. The minimum Gasteiger partial charge on any atom is -0.480 e. The topological polar surface area (TPSA) is 147 Å². The first-order valence-corrected chi connectivity index (χ1v) is 7.37. The van der Waals surface area contributed by atoms with Crippen LogP contribution in [0.1, 0.15) is 32.1 Å². The first-order chi connectivity index (χ1) is 10.3. The van der Waals surface area contributed by atoms with Crippen LogP contribution in [-0.4, -0.2) is 75.2 Å². The molecule has 0 aromatic rings. The van der Waals surface area contributed by atoms with E-state index in [1.807, 2.05) is 6.08 Å². The number of aliphatic hydroxyl groups excluding tert-OH is 3. The van der Waals surface area contributed by atoms with E-state index in [4.69, 9.17) is 31.3 Å². The predicted molar refractivity (Wildman–Crippen MR) is 80.7 cm³/mol. The molecule has 0 aliphatic rings. The minimum atomic E-state index is -1.55. The van der Waals surface area contributed by atoms with Crippen LogP contribution in [-0.2, 0) is 4.79 Å². The molecule has 22 heavy (non-hydrogen) atoms. The van der Waals surface area contributed by atoms with Crippen LogP contribution >= 0.6 is 0 Å². The van der Waals surface area contributed by atoms with Crippen molar-refractivity contribution in [2.75, 3.05) is 26.2 Å². The first-order valence-electron chi connectivity index (χ1n) is 7.37. The van der Waals surface area contributed by atoms with E-state index in [1.165, 1.54) is 4.90 Å². The minimum absolute atomic E-state index is 0.0748. The molecule has 0 bridgehead atoms. The summed E-state index contributed by atoms with van der Waals surface area (Å²) in [6.45, 7) is 0.0461. The largest absolute Gasteiger partial charge is 0.480 e. The second-order valence-electron chi connectivity index (χ2n) is 5.23. The SMILES string of the molecule is NC(O)CCC(=CCCCCN(CC(=O)O)CC(O)O)CO. The molecule has 0 spiro atoms. The van der Waals surface area contributed by atoms with Gasteiger partial charge in [-0.1, -0.05) is 6.08 Å². The molecule has 0 heterocycles. The molecule has 0 saturated carbocycles. The highest BCUT2D eigenvalue weighted by Crippen LogP contribution is 2.09. The Balaban J connectivity index is 4.02. The number of aliphatic hydroxyl groups is 4. The fourth-order valence-corrected chi connectivity index (χ4v) is 2.02. The lowest BCUT2D eigenvalue weighted by Gasteiger charge is -2.20. The van der Waals surface area contributed by atoms with E-state index in [2.05, 4.69) is 0 Å². The van der Waals surface area contributed by atoms with E-state index in [-0.39, 0.29) is 19.7 Å². The van der Waals surface area contributed by atoms with Crippen LogP contribution in [0, 0.1) is 0 Å². The number of aliphatic carboxylic acids is 1. The zero-order chi connectivity index (χ0) is 17.0. The van der Waals surface area contributed by atoms with Crippen molar-refractivity contribution in [3.8, 4) is 0 Å². The smallest absolute Gasteiger partial charge is 0.317 e. The van der Waals surface area contributed by atoms with Gasteiger partial charge in [-0.05, 0) is 44.2 Å². The first kappa shape index (κ1) is 21.0. The highest BCUT2D eigenvalue weighted by atomic mass is 16.5. The van der Waals surface area contributed by atoms with E-state index in [0.29, 0.717) is 25.8 Å². The Kier molecular flexibility index (Phi) is 11.9. The van der Waals surface area contributed by atoms with Gasteiger partial charge in [0.05, 0.1) is 13.2 Å². The van der Waals surface area contributed by atoms with E-state index < -0.39 is 18.5 Å². The molecule has 8 nitrogen and oxygen atoms in total. The highest BCUT2D eigenvalue weighted by Gasteiger charge is 2.12. The average molecular weight is 320 g/mol. The summed E-state index contributed by atoms with van der Waals surface area (Å²) in [5.74, 6) is -1.01. The normalized spacial score (nSPS) is 13.9. The number of nitrogens with two attached hydrogens (primary N) is 1. The van der Waals surface area contributed by atoms with Gasteiger partial charge in [0.15, 0.2) is 6.29 Å². The standard InChI is InChI=1S/C14H28N2O6/c15-12(18)6-5-11(10-17)4-2-1-3-7-16(8-13(19)20)9-14(21)22/h4,12-13,17-20H,1-3,5-10,15H2,(H,21,22). The van der Waals surface area contributed by atoms with Gasteiger partial charge < -0.3 is 31.3 Å². The Morgan fingerprint density at radius 2 is 1.91 bits per heavy atom. The summed E-state index contributed by atoms with van der Waals surface area (Å²) in [6, 6.07) is 0. The van der Waals surface area contributed by atoms with Gasteiger partial charge in [0, 0.05) is 6.54 Å². The lowest BCUT2D eigenvalue weighted by atomic mass is 10.1. The van der Waals surface area contributed by atoms with Crippen molar-refractivity contribution in [3.05, 3.63) is 11.6 Å². The van der Waals surface area contributed by atoms with Crippen LogP contribution in [0.5, 0.6) is 0 Å². The van der Waals surface area contributed by atoms with Crippen molar-refractivity contribution >= 4 is 5.97 Å². The van der Waals surface area contributed by atoms with Crippen molar-refractivity contribution in [1.82, 2.24) is 4.90 Å². The van der Waals surface area contributed by atoms with E-state index >= 15 is 0 Å². The van der Waals surface area contributed by atoms with Gasteiger partial charge in [-0.25, -0.2) is 0 Å². The maximum absolute atomic E-state index is 10.7. The summed E-state index contributed by atoms with van der Waals surface area (Å²) >= 11 is 0. The van der Waals surface area contributed by atoms with Gasteiger partial charge in [0.25, 0.3) is 0 Å². The Morgan fingerprint density at radius 3 is 2.41 bits per heavy atom. The maximum Gasteiger partial charge on any atom is 0.317 e. The van der Waals surface area contributed by atoms with Gasteiger partial charge in [0.1, 0.15) is 6.23 Å². The van der Waals surface area contributed by atoms with Crippen LogP contribution in [0.4, 0.5) is 0 Å². The summed E-state index contributed by atoms with van der Waals surface area (Å²) in [4.78, 5) is 12.1. The Morgan fingerprint density at radius 1 is 1.23 bits per heavy atom. The highest BCUT2D eigenvalue weighted by molar-refractivity contribution is 5.69. The molecule has 1 atom stereocenters. The van der Waals surface area contributed by atoms with Crippen LogP contribution in [0.2, 0.25) is 0 Å². The number of hydrogen-bond acceptors (Lipinski definition) is 7. The molecule has 0 aliphatic heterocycles. The van der Waals surface area contributed by atoms with Gasteiger partial charge in [-0.2, -0.15) is 0 Å². The molecular formula is C14H28N2O6. The molecule has 0 amide bonds. The lowest BCUT2D eigenvalue weighted by molar-refractivity contribution is -0.139. The number of carboxylic acid groups (broad SMARTS) is 1. The summed E-state index contributed by atoms with van der Waals surface area (Å²) < 4.78 is 0. The fraction of sp³-hybridized carbons (Fsp3) is 0.786. The molecule has 7 N–H and O–H groups in total. The summed E-state index contributed by atoms with van der Waals surface area (Å²) in [7, 11) is 0. The molecule has 0 radical (unpaired) electrons. The van der Waals surface area contributed by atoms with E-state index in [1.54, 1.807) is 0 Å². The van der Waals surface area contributed by atoms with Crippen LogP contribution in [0.15, 0.2) is 11.6 Å². The van der Waals surface area contributed by atoms with Gasteiger partial charge in [-0.3, -0.25) is 9.69 Å². The quantitative estimate of drug-likeness (QED) is 0.141. The molecule has 130 valence electrons. The number of nitrogens with zero attached hydrogens (tertiary/aromatic N) is 1. The van der Waals surface area contributed by atoms with Crippen LogP contribution in [0.3, 0.4) is 0 Å². The Bertz CT molecular complexity index is 333. The predicted octanol–water partition coefficient (Wildman–Crippen LogP) is -1.17. The third-order valence-corrected chi connectivity index (χ3v) is 3.11. The van der Waals surface area contributed by atoms with Crippen molar-refractivity contribution < 1.29 is 30.3 Å². The molecular weight excluding hydrogens is 292 g/mol. The Labute approximate surface area is 130 Å². The Hall–Kier alpha value is -1.03. The van der Waals surface area contributed by atoms with Crippen molar-refractivity contribution in [1.29, 1.82) is 0 Å². The third kappa shape index (κ3) is 12.7. The number of rotatable bonds is 13. The maximum atomic E-state index is 10.7. The number of allylic oxidation sites excluding steroid dienone is 1. The second kappa shape index (κ2) is 12.5. The molecule has 0 rings (SSSR count). The molecule has 0 aromatic heterocycles. The molecule has 0 aromatic carbocycles. The van der Waals surface area contributed by atoms with Crippen LogP contribution < -0.4 is 5.73 Å². The average Bonchev–Trinajstić information content (AvgIpc) is 2.40. The van der Waals surface area contributed by atoms with Crippen molar-refractivity contribution in [2.24, 2.45) is 5.73 Å². The van der Waals surface area contributed by atoms with Crippen molar-refractivity contribution in [3.63, 3.8) is 0 Å². The molecule has 8 heteroatoms. The molecule has 0 fully saturated rings. The number of carboxylic acids is 1. The number of carbonyl (C=O) groups is 1. The molecule has 0 saturated heterocycles.